The molecule has 0 aromatic rings. The number of carboxylic acids is 1. The first-order chi connectivity index (χ1) is 5.76. The van der Waals surface area contributed by atoms with Gasteiger partial charge in [0.05, 0.1) is 0 Å². The molecule has 0 aromatic carbocycles. The molecule has 0 spiro atoms. The van der Waals surface area contributed by atoms with Crippen LogP contribution in [0.5, 0.6) is 0 Å². The van der Waals surface area contributed by atoms with Crippen LogP contribution in [0.3, 0.4) is 0 Å². The summed E-state index contributed by atoms with van der Waals surface area (Å²) in [6, 6.07) is 0. The van der Waals surface area contributed by atoms with Gasteiger partial charge in [0, 0.05) is 25.6 Å². The van der Waals surface area contributed by atoms with Crippen molar-refractivity contribution in [3.63, 3.8) is 0 Å². The number of fused-ring (bicyclic) bond motifs is 1. The van der Waals surface area contributed by atoms with E-state index in [1.54, 1.807) is 0 Å². The molecule has 0 amide bonds. The van der Waals surface area contributed by atoms with Gasteiger partial charge in [0.25, 0.3) is 0 Å². The lowest BCUT2D eigenvalue weighted by atomic mass is 9.85. The summed E-state index contributed by atoms with van der Waals surface area (Å²) in [5.41, 5.74) is -0.905. The summed E-state index contributed by atoms with van der Waals surface area (Å²) in [5, 5.41) is 12.1. The number of carboxylic acid groups (broad SMARTS) is 1. The fraction of sp³-hybridized carbons (Fsp3) is 0.875. The maximum atomic E-state index is 11.0. The lowest BCUT2D eigenvalue weighted by Gasteiger charge is -2.34. The van der Waals surface area contributed by atoms with Gasteiger partial charge in [-0.3, -0.25) is 0 Å². The fourth-order valence-electron chi connectivity index (χ4n) is 2.14. The third-order valence-electron chi connectivity index (χ3n) is 2.86. The van der Waals surface area contributed by atoms with Crippen LogP contribution in [0.15, 0.2) is 0 Å². The number of aliphatic carboxylic acids is 1. The van der Waals surface area contributed by atoms with Crippen LogP contribution in [0.4, 0.5) is 0 Å². The monoisotopic (exact) mass is 171 g/mol. The van der Waals surface area contributed by atoms with E-state index in [2.05, 4.69) is 5.32 Å². The van der Waals surface area contributed by atoms with Crippen molar-refractivity contribution in [2.45, 2.75) is 18.4 Å². The summed E-state index contributed by atoms with van der Waals surface area (Å²) in [6.45, 7) is 1.84. The van der Waals surface area contributed by atoms with E-state index in [0.717, 1.165) is 19.4 Å². The van der Waals surface area contributed by atoms with E-state index in [9.17, 15) is 4.79 Å². The molecule has 0 unspecified atom stereocenters. The van der Waals surface area contributed by atoms with Gasteiger partial charge in [-0.2, -0.15) is 0 Å². The summed E-state index contributed by atoms with van der Waals surface area (Å²) >= 11 is 0. The van der Waals surface area contributed by atoms with E-state index >= 15 is 0 Å². The molecule has 2 saturated heterocycles. The zero-order valence-electron chi connectivity index (χ0n) is 6.88. The van der Waals surface area contributed by atoms with Crippen LogP contribution in [-0.2, 0) is 9.53 Å². The average molecular weight is 171 g/mol. The minimum absolute atomic E-state index is 0.170. The van der Waals surface area contributed by atoms with Crippen LogP contribution in [-0.4, -0.2) is 36.4 Å². The van der Waals surface area contributed by atoms with E-state index in [1.807, 2.05) is 0 Å². The molecule has 0 saturated carbocycles. The number of rotatable bonds is 1. The molecular formula is C8H13NO3. The molecule has 2 atom stereocenters. The summed E-state index contributed by atoms with van der Waals surface area (Å²) in [5.74, 6) is -0.638. The highest BCUT2D eigenvalue weighted by molar-refractivity contribution is 5.79. The van der Waals surface area contributed by atoms with Crippen LogP contribution < -0.4 is 5.32 Å². The quantitative estimate of drug-likeness (QED) is 0.575. The van der Waals surface area contributed by atoms with Gasteiger partial charge in [0.15, 0.2) is 5.60 Å². The first-order valence-corrected chi connectivity index (χ1v) is 4.34. The van der Waals surface area contributed by atoms with Crippen molar-refractivity contribution >= 4 is 5.97 Å². The van der Waals surface area contributed by atoms with Crippen LogP contribution >= 0.6 is 0 Å². The normalized spacial score (nSPS) is 40.8. The Morgan fingerprint density at radius 1 is 1.67 bits per heavy atom. The molecule has 2 aliphatic heterocycles. The second-order valence-electron chi connectivity index (χ2n) is 3.51. The molecule has 2 heterocycles. The Hall–Kier alpha value is -0.610. The molecule has 0 aromatic heterocycles. The van der Waals surface area contributed by atoms with Crippen molar-refractivity contribution < 1.29 is 14.6 Å². The predicted octanol–water partition coefficient (Wildman–Crippen LogP) is -0.160. The lowest BCUT2D eigenvalue weighted by molar-refractivity contribution is -0.175. The van der Waals surface area contributed by atoms with Gasteiger partial charge in [0.2, 0.25) is 0 Å². The topological polar surface area (TPSA) is 58.6 Å². The minimum Gasteiger partial charge on any atom is -0.479 e. The number of carbonyl (C=O) groups is 1. The van der Waals surface area contributed by atoms with Crippen molar-refractivity contribution in [3.05, 3.63) is 0 Å². The summed E-state index contributed by atoms with van der Waals surface area (Å²) in [6.07, 6.45) is 1.96. The molecule has 2 aliphatic rings. The molecule has 68 valence electrons. The molecule has 0 radical (unpaired) electrons. The number of hydrogen-bond donors (Lipinski definition) is 2. The molecular weight excluding hydrogens is 158 g/mol. The molecule has 2 rings (SSSR count). The van der Waals surface area contributed by atoms with E-state index in [0.29, 0.717) is 13.2 Å². The Morgan fingerprint density at radius 2 is 2.50 bits per heavy atom. The Bertz CT molecular complexity index is 206. The van der Waals surface area contributed by atoms with Crippen LogP contribution in [0.25, 0.3) is 0 Å². The van der Waals surface area contributed by atoms with Gasteiger partial charge in [-0.15, -0.1) is 0 Å². The van der Waals surface area contributed by atoms with Crippen molar-refractivity contribution in [3.8, 4) is 0 Å². The highest BCUT2D eigenvalue weighted by Crippen LogP contribution is 2.34. The van der Waals surface area contributed by atoms with E-state index in [1.165, 1.54) is 0 Å². The molecule has 2 N–H and O–H groups in total. The van der Waals surface area contributed by atoms with E-state index in [-0.39, 0.29) is 5.92 Å². The number of hydrogen-bond acceptors (Lipinski definition) is 3. The number of nitrogens with one attached hydrogen (secondary N) is 1. The summed E-state index contributed by atoms with van der Waals surface area (Å²) < 4.78 is 5.39. The van der Waals surface area contributed by atoms with Gasteiger partial charge in [-0.25, -0.2) is 4.79 Å². The maximum Gasteiger partial charge on any atom is 0.337 e. The molecule has 2 fully saturated rings. The second kappa shape index (κ2) is 2.71. The smallest absolute Gasteiger partial charge is 0.337 e. The first-order valence-electron chi connectivity index (χ1n) is 4.34. The molecule has 4 heteroatoms. The van der Waals surface area contributed by atoms with Gasteiger partial charge >= 0.3 is 5.97 Å². The van der Waals surface area contributed by atoms with E-state index < -0.39 is 11.6 Å². The lowest BCUT2D eigenvalue weighted by Crippen LogP contribution is -2.51. The Kier molecular flexibility index (Phi) is 1.81. The maximum absolute atomic E-state index is 11.0. The highest BCUT2D eigenvalue weighted by Gasteiger charge is 2.51. The average Bonchev–Trinajstić information content (AvgIpc) is 2.48. The van der Waals surface area contributed by atoms with Crippen molar-refractivity contribution in [2.75, 3.05) is 19.7 Å². The van der Waals surface area contributed by atoms with Gasteiger partial charge in [-0.05, 0) is 12.8 Å². The van der Waals surface area contributed by atoms with Crippen molar-refractivity contribution in [1.29, 1.82) is 0 Å². The summed E-state index contributed by atoms with van der Waals surface area (Å²) in [4.78, 5) is 11.0. The van der Waals surface area contributed by atoms with Gasteiger partial charge < -0.3 is 15.2 Å². The Morgan fingerprint density at radius 3 is 3.17 bits per heavy atom. The standard InChI is InChI=1S/C8H13NO3/c10-7(11)8-5-9-4-6(8)2-1-3-12-8/h6,9H,1-5H2,(H,10,11)/t6-,8+/m0/s1. The van der Waals surface area contributed by atoms with Crippen LogP contribution in [0.1, 0.15) is 12.8 Å². The van der Waals surface area contributed by atoms with Crippen molar-refractivity contribution in [1.82, 2.24) is 5.32 Å². The molecule has 0 aliphatic carbocycles. The first kappa shape index (κ1) is 8.01. The highest BCUT2D eigenvalue weighted by atomic mass is 16.5. The third kappa shape index (κ3) is 0.949. The van der Waals surface area contributed by atoms with Gasteiger partial charge in [-0.1, -0.05) is 0 Å². The zero-order chi connectivity index (χ0) is 8.60. The van der Waals surface area contributed by atoms with Crippen LogP contribution in [0, 0.1) is 5.92 Å². The minimum atomic E-state index is -0.905. The van der Waals surface area contributed by atoms with Crippen LogP contribution in [0.2, 0.25) is 0 Å². The SMILES string of the molecule is O=C(O)[C@@]12CNC[C@@H]1CCCO2. The third-order valence-corrected chi connectivity index (χ3v) is 2.86. The molecule has 4 nitrogen and oxygen atoms in total. The summed E-state index contributed by atoms with van der Waals surface area (Å²) in [7, 11) is 0. The van der Waals surface area contributed by atoms with E-state index in [4.69, 9.17) is 9.84 Å². The predicted molar refractivity (Wildman–Crippen MR) is 41.9 cm³/mol. The second-order valence-corrected chi connectivity index (χ2v) is 3.51. The molecule has 12 heavy (non-hydrogen) atoms. The Balaban J connectivity index is 2.23. The van der Waals surface area contributed by atoms with Gasteiger partial charge in [0.1, 0.15) is 0 Å². The fourth-order valence-corrected chi connectivity index (χ4v) is 2.14. The van der Waals surface area contributed by atoms with Crippen molar-refractivity contribution in [2.24, 2.45) is 5.92 Å². The zero-order valence-corrected chi connectivity index (χ0v) is 6.88. The molecule has 0 bridgehead atoms. The Labute approximate surface area is 70.9 Å². The largest absolute Gasteiger partial charge is 0.479 e. The number of ether oxygens (including phenoxy) is 1.